The van der Waals surface area contributed by atoms with Crippen LogP contribution < -0.4 is 0 Å². The number of unbranched alkanes of at least 4 members (excludes halogenated alkanes) is 1. The van der Waals surface area contributed by atoms with Gasteiger partial charge in [-0.3, -0.25) is 0 Å². The van der Waals surface area contributed by atoms with Crippen molar-refractivity contribution in [3.8, 4) is 0 Å². The second-order valence-corrected chi connectivity index (χ2v) is 2.41. The minimum atomic E-state index is -0.408. The van der Waals surface area contributed by atoms with Crippen molar-refractivity contribution in [2.45, 2.75) is 32.3 Å². The Labute approximate surface area is 67.4 Å². The summed E-state index contributed by atoms with van der Waals surface area (Å²) in [5.41, 5.74) is 0. The van der Waals surface area contributed by atoms with E-state index < -0.39 is 6.10 Å². The van der Waals surface area contributed by atoms with Crippen molar-refractivity contribution in [2.24, 2.45) is 0 Å². The van der Waals surface area contributed by atoms with Gasteiger partial charge in [-0.2, -0.15) is 0 Å². The van der Waals surface area contributed by atoms with Gasteiger partial charge >= 0.3 is 0 Å². The third-order valence-electron chi connectivity index (χ3n) is 1.37. The lowest BCUT2D eigenvalue weighted by Gasteiger charge is -2.08. The molecule has 3 nitrogen and oxygen atoms in total. The lowest BCUT2D eigenvalue weighted by atomic mass is 10.2. The van der Waals surface area contributed by atoms with Crippen molar-refractivity contribution in [2.75, 3.05) is 13.2 Å². The molecule has 1 unspecified atom stereocenters. The molecular formula is C8H16O3. The van der Waals surface area contributed by atoms with E-state index in [2.05, 4.69) is 0 Å². The van der Waals surface area contributed by atoms with Crippen molar-refractivity contribution in [3.05, 3.63) is 0 Å². The fourth-order valence-electron chi connectivity index (χ4n) is 0.774. The smallest absolute Gasteiger partial charge is 0.119 e. The summed E-state index contributed by atoms with van der Waals surface area (Å²) in [5.74, 6) is 0. The van der Waals surface area contributed by atoms with E-state index in [0.29, 0.717) is 26.1 Å². The van der Waals surface area contributed by atoms with Crippen LogP contribution in [0.25, 0.3) is 0 Å². The molecule has 0 aromatic rings. The molecule has 1 atom stereocenters. The fourth-order valence-corrected chi connectivity index (χ4v) is 0.774. The lowest BCUT2D eigenvalue weighted by molar-refractivity contribution is -0.108. The van der Waals surface area contributed by atoms with E-state index in [1.165, 1.54) is 0 Å². The summed E-state index contributed by atoms with van der Waals surface area (Å²) in [7, 11) is 0. The van der Waals surface area contributed by atoms with Gasteiger partial charge < -0.3 is 14.6 Å². The lowest BCUT2D eigenvalue weighted by Crippen LogP contribution is -2.14. The van der Waals surface area contributed by atoms with Crippen molar-refractivity contribution in [1.29, 1.82) is 0 Å². The maximum absolute atomic E-state index is 9.89. The number of hydrogen-bond acceptors (Lipinski definition) is 3. The summed E-state index contributed by atoms with van der Waals surface area (Å²) in [6.07, 6.45) is 2.39. The van der Waals surface area contributed by atoms with Crippen LogP contribution >= 0.6 is 0 Å². The molecule has 0 aliphatic carbocycles. The first-order chi connectivity index (χ1) is 5.31. The minimum absolute atomic E-state index is 0.384. The maximum Gasteiger partial charge on any atom is 0.119 e. The van der Waals surface area contributed by atoms with Crippen molar-refractivity contribution in [1.82, 2.24) is 0 Å². The van der Waals surface area contributed by atoms with Gasteiger partial charge in [0.1, 0.15) is 6.29 Å². The molecule has 0 aliphatic rings. The predicted octanol–water partition coefficient (Wildman–Crippen LogP) is 0.753. The number of carbonyl (C=O) groups excluding carboxylic acids is 1. The number of aliphatic hydroxyl groups excluding tert-OH is 1. The number of carbonyl (C=O) groups is 1. The maximum atomic E-state index is 9.89. The van der Waals surface area contributed by atoms with Crippen LogP contribution in [-0.2, 0) is 9.53 Å². The number of ether oxygens (including phenoxy) is 1. The molecule has 11 heavy (non-hydrogen) atoms. The first-order valence-electron chi connectivity index (χ1n) is 4.00. The van der Waals surface area contributed by atoms with E-state index in [9.17, 15) is 4.79 Å². The molecule has 0 saturated heterocycles. The quantitative estimate of drug-likeness (QED) is 0.441. The van der Waals surface area contributed by atoms with E-state index in [-0.39, 0.29) is 0 Å². The summed E-state index contributed by atoms with van der Waals surface area (Å²) in [6, 6.07) is 0. The molecule has 0 spiro atoms. The average Bonchev–Trinajstić information content (AvgIpc) is 2.01. The molecule has 0 bridgehead atoms. The SMILES string of the molecule is CCOCC(O)CCCC=O. The molecule has 0 aromatic heterocycles. The van der Waals surface area contributed by atoms with Gasteiger partial charge in [-0.1, -0.05) is 0 Å². The highest BCUT2D eigenvalue weighted by Crippen LogP contribution is 1.99. The molecule has 0 aliphatic heterocycles. The van der Waals surface area contributed by atoms with Crippen LogP contribution in [0.15, 0.2) is 0 Å². The van der Waals surface area contributed by atoms with Gasteiger partial charge in [0.2, 0.25) is 0 Å². The van der Waals surface area contributed by atoms with Gasteiger partial charge in [-0.25, -0.2) is 0 Å². The van der Waals surface area contributed by atoms with Crippen LogP contribution in [0.3, 0.4) is 0 Å². The monoisotopic (exact) mass is 160 g/mol. The second-order valence-electron chi connectivity index (χ2n) is 2.41. The number of rotatable bonds is 7. The summed E-state index contributed by atoms with van der Waals surface area (Å²) in [4.78, 5) is 9.89. The Kier molecular flexibility index (Phi) is 7.41. The highest BCUT2D eigenvalue weighted by Gasteiger charge is 2.01. The Morgan fingerprint density at radius 3 is 2.91 bits per heavy atom. The van der Waals surface area contributed by atoms with Crippen molar-refractivity contribution < 1.29 is 14.6 Å². The Balaban J connectivity index is 3.08. The Hall–Kier alpha value is -0.410. The Morgan fingerprint density at radius 2 is 2.36 bits per heavy atom. The highest BCUT2D eigenvalue weighted by atomic mass is 16.5. The summed E-state index contributed by atoms with van der Waals surface area (Å²) in [5, 5.41) is 9.17. The minimum Gasteiger partial charge on any atom is -0.391 e. The van der Waals surface area contributed by atoms with Crippen LogP contribution in [-0.4, -0.2) is 30.7 Å². The molecule has 0 saturated carbocycles. The number of hydrogen-bond donors (Lipinski definition) is 1. The van der Waals surface area contributed by atoms with Crippen LogP contribution in [0, 0.1) is 0 Å². The number of aliphatic hydroxyl groups is 1. The third kappa shape index (κ3) is 7.49. The molecule has 0 aromatic carbocycles. The Bertz CT molecular complexity index is 93.3. The van der Waals surface area contributed by atoms with Crippen LogP contribution in [0.2, 0.25) is 0 Å². The second kappa shape index (κ2) is 7.69. The van der Waals surface area contributed by atoms with Crippen LogP contribution in [0.5, 0.6) is 0 Å². The zero-order valence-electron chi connectivity index (χ0n) is 6.95. The van der Waals surface area contributed by atoms with Gasteiger partial charge in [-0.05, 0) is 19.8 Å². The van der Waals surface area contributed by atoms with E-state index in [0.717, 1.165) is 12.7 Å². The molecule has 0 heterocycles. The van der Waals surface area contributed by atoms with E-state index in [1.807, 2.05) is 6.92 Å². The zero-order chi connectivity index (χ0) is 8.53. The molecule has 0 amide bonds. The van der Waals surface area contributed by atoms with Gasteiger partial charge in [0.05, 0.1) is 12.7 Å². The third-order valence-corrected chi connectivity index (χ3v) is 1.37. The average molecular weight is 160 g/mol. The Morgan fingerprint density at radius 1 is 1.64 bits per heavy atom. The summed E-state index contributed by atoms with van der Waals surface area (Å²) >= 11 is 0. The molecule has 0 fully saturated rings. The van der Waals surface area contributed by atoms with Crippen LogP contribution in [0.1, 0.15) is 26.2 Å². The molecular weight excluding hydrogens is 144 g/mol. The van der Waals surface area contributed by atoms with Crippen molar-refractivity contribution >= 4 is 6.29 Å². The molecule has 1 N–H and O–H groups in total. The van der Waals surface area contributed by atoms with Crippen molar-refractivity contribution in [3.63, 3.8) is 0 Å². The van der Waals surface area contributed by atoms with E-state index >= 15 is 0 Å². The van der Waals surface area contributed by atoms with Crippen LogP contribution in [0.4, 0.5) is 0 Å². The summed E-state index contributed by atoms with van der Waals surface area (Å²) in [6.45, 7) is 2.90. The largest absolute Gasteiger partial charge is 0.391 e. The number of aldehydes is 1. The van der Waals surface area contributed by atoms with E-state index in [4.69, 9.17) is 9.84 Å². The molecule has 66 valence electrons. The van der Waals surface area contributed by atoms with Gasteiger partial charge in [0, 0.05) is 13.0 Å². The predicted molar refractivity (Wildman–Crippen MR) is 42.4 cm³/mol. The molecule has 0 radical (unpaired) electrons. The topological polar surface area (TPSA) is 46.5 Å². The van der Waals surface area contributed by atoms with Gasteiger partial charge in [-0.15, -0.1) is 0 Å². The standard InChI is InChI=1S/C8H16O3/c1-2-11-7-8(10)5-3-4-6-9/h6,8,10H,2-5,7H2,1H3. The highest BCUT2D eigenvalue weighted by molar-refractivity contribution is 5.48. The summed E-state index contributed by atoms with van der Waals surface area (Å²) < 4.78 is 4.99. The first kappa shape index (κ1) is 10.6. The normalized spacial score (nSPS) is 12.9. The van der Waals surface area contributed by atoms with Gasteiger partial charge in [0.25, 0.3) is 0 Å². The molecule has 0 rings (SSSR count). The van der Waals surface area contributed by atoms with Gasteiger partial charge in [0.15, 0.2) is 0 Å². The zero-order valence-corrected chi connectivity index (χ0v) is 6.95. The fraction of sp³-hybridized carbons (Fsp3) is 0.875. The first-order valence-corrected chi connectivity index (χ1v) is 4.00. The molecule has 3 heteroatoms. The van der Waals surface area contributed by atoms with E-state index in [1.54, 1.807) is 0 Å².